The van der Waals surface area contributed by atoms with E-state index in [0.29, 0.717) is 17.3 Å². The molecule has 1 saturated heterocycles. The zero-order valence-corrected chi connectivity index (χ0v) is 14.2. The molecule has 0 aliphatic carbocycles. The number of hydrogen-bond acceptors (Lipinski definition) is 5. The number of amides is 1. The molecule has 0 unspecified atom stereocenters. The van der Waals surface area contributed by atoms with Gasteiger partial charge in [-0.3, -0.25) is 9.78 Å². The second kappa shape index (κ2) is 6.57. The van der Waals surface area contributed by atoms with Crippen molar-refractivity contribution in [3.63, 3.8) is 0 Å². The van der Waals surface area contributed by atoms with E-state index in [1.54, 1.807) is 18.2 Å². The fourth-order valence-electron chi connectivity index (χ4n) is 3.28. The van der Waals surface area contributed by atoms with Crippen molar-refractivity contribution < 1.29 is 9.18 Å². The van der Waals surface area contributed by atoms with Gasteiger partial charge in [0.25, 0.3) is 5.91 Å². The molecular formula is C18H17FN4OS. The first-order valence-electron chi connectivity index (χ1n) is 8.09. The van der Waals surface area contributed by atoms with E-state index in [1.807, 2.05) is 18.2 Å². The van der Waals surface area contributed by atoms with Crippen molar-refractivity contribution in [3.8, 4) is 0 Å². The maximum absolute atomic E-state index is 13.3. The molecule has 0 bridgehead atoms. The van der Waals surface area contributed by atoms with Crippen molar-refractivity contribution in [1.82, 2.24) is 15.6 Å². The number of benzene rings is 1. The summed E-state index contributed by atoms with van der Waals surface area (Å²) in [5.74, 6) is 0.528. The Morgan fingerprint density at radius 2 is 2.12 bits per heavy atom. The summed E-state index contributed by atoms with van der Waals surface area (Å²) >= 11 is 1.54. The molecule has 3 heterocycles. The number of carbonyl (C=O) groups excluding carboxylic acids is 1. The normalized spacial score (nSPS) is 25.2. The summed E-state index contributed by atoms with van der Waals surface area (Å²) in [6, 6.07) is 12.1. The van der Waals surface area contributed by atoms with Crippen molar-refractivity contribution in [2.24, 2.45) is 10.9 Å². The molecule has 1 aromatic heterocycles. The third-order valence-electron chi connectivity index (χ3n) is 4.61. The molecule has 0 radical (unpaired) electrons. The van der Waals surface area contributed by atoms with Crippen LogP contribution >= 0.6 is 11.8 Å². The maximum atomic E-state index is 13.3. The first-order chi connectivity index (χ1) is 12.2. The van der Waals surface area contributed by atoms with Crippen molar-refractivity contribution in [2.45, 2.75) is 5.54 Å². The Balaban J connectivity index is 1.64. The van der Waals surface area contributed by atoms with Gasteiger partial charge in [0.1, 0.15) is 11.4 Å². The van der Waals surface area contributed by atoms with Gasteiger partial charge in [0.2, 0.25) is 0 Å². The van der Waals surface area contributed by atoms with Crippen molar-refractivity contribution in [3.05, 3.63) is 65.7 Å². The predicted octanol–water partition coefficient (Wildman–Crippen LogP) is 2.17. The SMILES string of the molecule is O=C(NC1=N[C@@]2(c3ccc(F)cn3)CNC[C@H]2CS1)c1ccccc1. The number of nitrogens with zero attached hydrogens (tertiary/aromatic N) is 2. The second-order valence-electron chi connectivity index (χ2n) is 6.16. The van der Waals surface area contributed by atoms with Gasteiger partial charge in [-0.25, -0.2) is 9.38 Å². The van der Waals surface area contributed by atoms with E-state index in [-0.39, 0.29) is 17.6 Å². The summed E-state index contributed by atoms with van der Waals surface area (Å²) in [6.45, 7) is 1.46. The van der Waals surface area contributed by atoms with Crippen LogP contribution in [0, 0.1) is 11.7 Å². The second-order valence-corrected chi connectivity index (χ2v) is 7.17. The van der Waals surface area contributed by atoms with E-state index in [1.165, 1.54) is 24.0 Å². The zero-order valence-electron chi connectivity index (χ0n) is 13.4. The third-order valence-corrected chi connectivity index (χ3v) is 5.65. The lowest BCUT2D eigenvalue weighted by molar-refractivity contribution is 0.0977. The summed E-state index contributed by atoms with van der Waals surface area (Å²) in [6.07, 6.45) is 1.22. The van der Waals surface area contributed by atoms with Gasteiger partial charge < -0.3 is 10.6 Å². The number of rotatable bonds is 2. The molecular weight excluding hydrogens is 339 g/mol. The van der Waals surface area contributed by atoms with Crippen LogP contribution in [0.5, 0.6) is 0 Å². The van der Waals surface area contributed by atoms with Gasteiger partial charge in [-0.05, 0) is 24.3 Å². The van der Waals surface area contributed by atoms with Crippen LogP contribution in [0.3, 0.4) is 0 Å². The first-order valence-corrected chi connectivity index (χ1v) is 9.08. The molecule has 128 valence electrons. The molecule has 2 N–H and O–H groups in total. The summed E-state index contributed by atoms with van der Waals surface area (Å²) in [7, 11) is 0. The molecule has 0 spiro atoms. The number of hydrogen-bond donors (Lipinski definition) is 2. The van der Waals surface area contributed by atoms with Crippen LogP contribution in [0.1, 0.15) is 16.1 Å². The Hall–Kier alpha value is -2.25. The lowest BCUT2D eigenvalue weighted by atomic mass is 9.85. The molecule has 1 amide bonds. The minimum atomic E-state index is -0.557. The van der Waals surface area contributed by atoms with Gasteiger partial charge in [0.15, 0.2) is 5.17 Å². The van der Waals surface area contributed by atoms with E-state index in [9.17, 15) is 9.18 Å². The molecule has 0 saturated carbocycles. The molecule has 7 heteroatoms. The topological polar surface area (TPSA) is 66.4 Å². The molecule has 1 fully saturated rings. The van der Waals surface area contributed by atoms with E-state index in [0.717, 1.165) is 18.0 Å². The Bertz CT molecular complexity index is 812. The van der Waals surface area contributed by atoms with Crippen LogP contribution in [-0.2, 0) is 5.54 Å². The molecule has 2 atom stereocenters. The minimum absolute atomic E-state index is 0.182. The number of aromatic nitrogens is 1. The predicted molar refractivity (Wildman–Crippen MR) is 96.0 cm³/mol. The van der Waals surface area contributed by atoms with Crippen molar-refractivity contribution >= 4 is 22.8 Å². The van der Waals surface area contributed by atoms with Crippen LogP contribution in [0.15, 0.2) is 53.7 Å². The number of nitrogens with one attached hydrogen (secondary N) is 2. The van der Waals surface area contributed by atoms with E-state index < -0.39 is 5.54 Å². The quantitative estimate of drug-likeness (QED) is 0.866. The van der Waals surface area contributed by atoms with Crippen LogP contribution in [0.2, 0.25) is 0 Å². The fraction of sp³-hybridized carbons (Fsp3) is 0.278. The van der Waals surface area contributed by atoms with Gasteiger partial charge in [-0.1, -0.05) is 30.0 Å². The van der Waals surface area contributed by atoms with Gasteiger partial charge >= 0.3 is 0 Å². The van der Waals surface area contributed by atoms with E-state index >= 15 is 0 Å². The lowest BCUT2D eigenvalue weighted by Gasteiger charge is -2.34. The zero-order chi connectivity index (χ0) is 17.3. The Morgan fingerprint density at radius 1 is 1.28 bits per heavy atom. The van der Waals surface area contributed by atoms with Crippen LogP contribution in [0.4, 0.5) is 4.39 Å². The number of halogens is 1. The minimum Gasteiger partial charge on any atom is -0.313 e. The summed E-state index contributed by atoms with van der Waals surface area (Å²) in [4.78, 5) is 21.5. The molecule has 2 aliphatic rings. The standard InChI is InChI=1S/C18H17FN4OS/c19-14-6-7-15(21-9-14)18-11-20-8-13(18)10-25-17(23-18)22-16(24)12-4-2-1-3-5-12/h1-7,9,13,20H,8,10-11H2,(H,22,23,24)/t13-,18-/m0/s1. The van der Waals surface area contributed by atoms with Gasteiger partial charge in [-0.2, -0.15) is 0 Å². The molecule has 25 heavy (non-hydrogen) atoms. The molecule has 1 aromatic carbocycles. The van der Waals surface area contributed by atoms with Gasteiger partial charge in [0, 0.05) is 30.3 Å². The van der Waals surface area contributed by atoms with Crippen molar-refractivity contribution in [1.29, 1.82) is 0 Å². The summed E-state index contributed by atoms with van der Waals surface area (Å²) in [5.41, 5.74) is 0.764. The maximum Gasteiger partial charge on any atom is 0.257 e. The van der Waals surface area contributed by atoms with Crippen LogP contribution < -0.4 is 10.6 Å². The number of thioether (sulfide) groups is 1. The van der Waals surface area contributed by atoms with E-state index in [4.69, 9.17) is 4.99 Å². The fourth-order valence-corrected chi connectivity index (χ4v) is 4.43. The number of carbonyl (C=O) groups is 1. The number of pyridine rings is 1. The highest BCUT2D eigenvalue weighted by Gasteiger charge is 2.48. The van der Waals surface area contributed by atoms with Crippen molar-refractivity contribution in [2.75, 3.05) is 18.8 Å². The largest absolute Gasteiger partial charge is 0.313 e. The van der Waals surface area contributed by atoms with Crippen LogP contribution in [0.25, 0.3) is 0 Å². The summed E-state index contributed by atoms with van der Waals surface area (Å²) < 4.78 is 13.3. The number of aliphatic imine (C=N–C) groups is 1. The van der Waals surface area contributed by atoms with Gasteiger partial charge in [-0.15, -0.1) is 0 Å². The monoisotopic (exact) mass is 356 g/mol. The number of amidine groups is 1. The molecule has 2 aromatic rings. The van der Waals surface area contributed by atoms with Crippen LogP contribution in [-0.4, -0.2) is 34.9 Å². The highest BCUT2D eigenvalue weighted by molar-refractivity contribution is 8.13. The Labute approximate surface area is 149 Å². The molecule has 2 aliphatic heterocycles. The first kappa shape index (κ1) is 16.2. The highest BCUT2D eigenvalue weighted by atomic mass is 32.2. The van der Waals surface area contributed by atoms with E-state index in [2.05, 4.69) is 15.6 Å². The Kier molecular flexibility index (Phi) is 4.27. The third kappa shape index (κ3) is 3.05. The molecule has 5 nitrogen and oxygen atoms in total. The van der Waals surface area contributed by atoms with Gasteiger partial charge in [0.05, 0.1) is 11.9 Å². The Morgan fingerprint density at radius 3 is 2.88 bits per heavy atom. The summed E-state index contributed by atoms with van der Waals surface area (Å²) in [5, 5.41) is 6.84. The number of fused-ring (bicyclic) bond motifs is 1. The molecule has 4 rings (SSSR count). The lowest BCUT2D eigenvalue weighted by Crippen LogP contribution is -2.43. The smallest absolute Gasteiger partial charge is 0.257 e. The highest BCUT2D eigenvalue weighted by Crippen LogP contribution is 2.41. The average molecular weight is 356 g/mol. The average Bonchev–Trinajstić information content (AvgIpc) is 3.07.